The number of carboxylic acids is 1. The minimum atomic E-state index is -1.02. The summed E-state index contributed by atoms with van der Waals surface area (Å²) in [5, 5.41) is 15.0. The van der Waals surface area contributed by atoms with Crippen molar-refractivity contribution < 1.29 is 33.6 Å². The number of carboxylic acid groups (broad SMARTS) is 1. The van der Waals surface area contributed by atoms with Gasteiger partial charge in [0.2, 0.25) is 0 Å². The third-order valence-corrected chi connectivity index (χ3v) is 7.46. The van der Waals surface area contributed by atoms with E-state index in [1.165, 1.54) is 6.33 Å². The van der Waals surface area contributed by atoms with E-state index in [1.807, 2.05) is 49.4 Å². The first-order valence-electron chi connectivity index (χ1n) is 14.3. The molecule has 2 amide bonds. The molecule has 2 aliphatic heterocycles. The highest BCUT2D eigenvalue weighted by Crippen LogP contribution is 2.41. The molecule has 6 atom stereocenters. The van der Waals surface area contributed by atoms with E-state index in [2.05, 4.69) is 25.6 Å². The van der Waals surface area contributed by atoms with Crippen molar-refractivity contribution in [1.29, 1.82) is 0 Å². The van der Waals surface area contributed by atoms with Crippen LogP contribution in [0.1, 0.15) is 47.7 Å². The van der Waals surface area contributed by atoms with Crippen LogP contribution in [-0.2, 0) is 18.9 Å². The van der Waals surface area contributed by atoms with E-state index in [0.717, 1.165) is 5.56 Å². The molecule has 2 aromatic carbocycles. The number of hydrogen-bond donors (Lipinski definition) is 3. The quantitative estimate of drug-likeness (QED) is 0.241. The molecule has 0 radical (unpaired) electrons. The predicted molar refractivity (Wildman–Crippen MR) is 159 cm³/mol. The number of aromatic carboxylic acids is 1. The van der Waals surface area contributed by atoms with Gasteiger partial charge < -0.3 is 29.4 Å². The zero-order valence-corrected chi connectivity index (χ0v) is 24.1. The second kappa shape index (κ2) is 12.9. The van der Waals surface area contributed by atoms with Crippen LogP contribution >= 0.6 is 0 Å². The molecule has 4 unspecified atom stereocenters. The maximum Gasteiger partial charge on any atom is 0.336 e. The van der Waals surface area contributed by atoms with Crippen LogP contribution < -0.4 is 10.6 Å². The fourth-order valence-electron chi connectivity index (χ4n) is 5.38. The monoisotopic (exact) mass is 600 g/mol. The fraction of sp³-hybridized carbons (Fsp3) is 0.323. The third-order valence-electron chi connectivity index (χ3n) is 7.46. The number of benzene rings is 2. The molecule has 4 aromatic rings. The van der Waals surface area contributed by atoms with Crippen LogP contribution in [0.4, 0.5) is 10.6 Å². The van der Waals surface area contributed by atoms with Crippen molar-refractivity contribution in [2.45, 2.75) is 50.8 Å². The number of hydrogen-bond acceptors (Lipinski definition) is 9. The van der Waals surface area contributed by atoms with E-state index in [4.69, 9.17) is 18.9 Å². The Morgan fingerprint density at radius 1 is 1.05 bits per heavy atom. The molecule has 0 spiro atoms. The molecule has 44 heavy (non-hydrogen) atoms. The Kier molecular flexibility index (Phi) is 8.61. The van der Waals surface area contributed by atoms with Gasteiger partial charge in [0.25, 0.3) is 0 Å². The number of rotatable bonds is 10. The standard InChI is InChI=1S/C31H32N6O7/c1-3-32-31(40)36-27-24-28(34-16-33-27)37(17-35-24)29-26-25(43-23(44-26)14-13-19-9-5-4-6-10-19)22(42-29)15-41-18(2)20-11-7-8-12-21(20)30(38)39/h4-14,16-18,22-23,25-26,29H,3,15H2,1-2H3,(H,38,39)(H2,32,33,34,36,40)/b14-13+/t18-,22?,23+,25?,26?,29?/m1/s1. The minimum Gasteiger partial charge on any atom is -0.478 e. The molecule has 13 nitrogen and oxygen atoms in total. The molecule has 2 saturated heterocycles. The lowest BCUT2D eigenvalue weighted by Gasteiger charge is -2.22. The molecule has 13 heteroatoms. The lowest BCUT2D eigenvalue weighted by atomic mass is 10.0. The topological polar surface area (TPSA) is 159 Å². The van der Waals surface area contributed by atoms with Gasteiger partial charge in [-0.2, -0.15) is 0 Å². The van der Waals surface area contributed by atoms with Crippen LogP contribution in [0.5, 0.6) is 0 Å². The van der Waals surface area contributed by atoms with Crippen molar-refractivity contribution in [1.82, 2.24) is 24.8 Å². The highest BCUT2D eigenvalue weighted by atomic mass is 16.8. The van der Waals surface area contributed by atoms with E-state index < -0.39 is 48.9 Å². The molecule has 2 aliphatic rings. The number of ether oxygens (including phenoxy) is 4. The molecule has 2 fully saturated rings. The second-order valence-corrected chi connectivity index (χ2v) is 10.3. The van der Waals surface area contributed by atoms with E-state index in [0.29, 0.717) is 23.3 Å². The van der Waals surface area contributed by atoms with Crippen LogP contribution in [0, 0.1) is 0 Å². The Morgan fingerprint density at radius 3 is 2.61 bits per heavy atom. The highest BCUT2D eigenvalue weighted by molar-refractivity contribution is 5.95. The fourth-order valence-corrected chi connectivity index (χ4v) is 5.38. The average Bonchev–Trinajstić information content (AvgIpc) is 3.74. The number of imidazole rings is 1. The van der Waals surface area contributed by atoms with Crippen molar-refractivity contribution in [2.75, 3.05) is 18.5 Å². The van der Waals surface area contributed by atoms with E-state index >= 15 is 0 Å². The van der Waals surface area contributed by atoms with E-state index in [-0.39, 0.29) is 18.0 Å². The number of urea groups is 1. The number of amides is 2. The van der Waals surface area contributed by atoms with Gasteiger partial charge in [-0.3, -0.25) is 9.88 Å². The smallest absolute Gasteiger partial charge is 0.336 e. The van der Waals surface area contributed by atoms with Crippen LogP contribution in [-0.4, -0.2) is 74.4 Å². The first-order valence-corrected chi connectivity index (χ1v) is 14.3. The molecule has 6 rings (SSSR count). The maximum atomic E-state index is 12.2. The van der Waals surface area contributed by atoms with E-state index in [1.54, 1.807) is 42.1 Å². The minimum absolute atomic E-state index is 0.108. The number of nitrogens with zero attached hydrogens (tertiary/aromatic N) is 4. The van der Waals surface area contributed by atoms with Crippen LogP contribution in [0.3, 0.4) is 0 Å². The van der Waals surface area contributed by atoms with Gasteiger partial charge in [0.1, 0.15) is 24.6 Å². The summed E-state index contributed by atoms with van der Waals surface area (Å²) in [6.45, 7) is 4.17. The van der Waals surface area contributed by atoms with Gasteiger partial charge in [0.05, 0.1) is 24.6 Å². The normalized spacial score (nSPS) is 23.5. The van der Waals surface area contributed by atoms with Gasteiger partial charge in [-0.05, 0) is 37.1 Å². The van der Waals surface area contributed by atoms with Gasteiger partial charge in [0, 0.05) is 6.54 Å². The molecule has 0 saturated carbocycles. The largest absolute Gasteiger partial charge is 0.478 e. The lowest BCUT2D eigenvalue weighted by Crippen LogP contribution is -2.32. The Morgan fingerprint density at radius 2 is 1.82 bits per heavy atom. The molecular weight excluding hydrogens is 568 g/mol. The maximum absolute atomic E-state index is 12.2. The summed E-state index contributed by atoms with van der Waals surface area (Å²) in [5.41, 5.74) is 2.56. The first-order chi connectivity index (χ1) is 21.4. The number of carbonyl (C=O) groups excluding carboxylic acids is 1. The van der Waals surface area contributed by atoms with Gasteiger partial charge in [-0.25, -0.2) is 24.5 Å². The van der Waals surface area contributed by atoms with Crippen LogP contribution in [0.15, 0.2) is 73.3 Å². The highest BCUT2D eigenvalue weighted by Gasteiger charge is 2.53. The van der Waals surface area contributed by atoms with Crippen molar-refractivity contribution in [3.05, 3.63) is 90.0 Å². The van der Waals surface area contributed by atoms with Gasteiger partial charge in [-0.15, -0.1) is 0 Å². The number of carbonyl (C=O) groups is 2. The van der Waals surface area contributed by atoms with Crippen molar-refractivity contribution in [3.63, 3.8) is 0 Å². The number of nitrogens with one attached hydrogen (secondary N) is 2. The summed E-state index contributed by atoms with van der Waals surface area (Å²) >= 11 is 0. The first kappa shape index (κ1) is 29.4. The van der Waals surface area contributed by atoms with Gasteiger partial charge >= 0.3 is 12.0 Å². The molecule has 0 aliphatic carbocycles. The van der Waals surface area contributed by atoms with Crippen LogP contribution in [0.2, 0.25) is 0 Å². The van der Waals surface area contributed by atoms with Crippen molar-refractivity contribution >= 4 is 35.1 Å². The average molecular weight is 601 g/mol. The summed E-state index contributed by atoms with van der Waals surface area (Å²) in [6, 6.07) is 16.1. The summed E-state index contributed by atoms with van der Waals surface area (Å²) in [6.07, 6.45) is 3.18. The number of anilines is 1. The zero-order chi connectivity index (χ0) is 30.6. The van der Waals surface area contributed by atoms with Crippen molar-refractivity contribution in [3.8, 4) is 0 Å². The van der Waals surface area contributed by atoms with Crippen molar-refractivity contribution in [2.24, 2.45) is 0 Å². The predicted octanol–water partition coefficient (Wildman–Crippen LogP) is 4.16. The molecular formula is C31H32N6O7. The van der Waals surface area contributed by atoms with E-state index in [9.17, 15) is 14.7 Å². The SMILES string of the molecule is CCNC(=O)Nc1ncnc2c1ncn2C1OC(CO[C@H](C)c2ccccc2C(=O)O)C2O[C@H](/C=C/c3ccccc3)OC21. The Bertz CT molecular complexity index is 1660. The number of aromatic nitrogens is 4. The molecule has 4 heterocycles. The second-order valence-electron chi connectivity index (χ2n) is 10.3. The molecule has 3 N–H and O–H groups in total. The zero-order valence-electron chi connectivity index (χ0n) is 24.1. The summed E-state index contributed by atoms with van der Waals surface area (Å²) in [4.78, 5) is 37.0. The molecule has 2 aromatic heterocycles. The van der Waals surface area contributed by atoms with Crippen LogP contribution in [0.25, 0.3) is 17.2 Å². The third kappa shape index (κ3) is 6.03. The summed E-state index contributed by atoms with van der Waals surface area (Å²) in [7, 11) is 0. The Balaban J connectivity index is 1.26. The lowest BCUT2D eigenvalue weighted by molar-refractivity contribution is -0.142. The summed E-state index contributed by atoms with van der Waals surface area (Å²) in [5.74, 6) is -0.767. The number of fused-ring (bicyclic) bond motifs is 2. The Hall–Kier alpha value is -4.69. The van der Waals surface area contributed by atoms with Gasteiger partial charge in [-0.1, -0.05) is 54.6 Å². The molecule has 228 valence electrons. The van der Waals surface area contributed by atoms with Gasteiger partial charge in [0.15, 0.2) is 29.5 Å². The summed E-state index contributed by atoms with van der Waals surface area (Å²) < 4.78 is 27.0. The Labute approximate surface area is 252 Å². The molecule has 0 bridgehead atoms.